The average Bonchev–Trinajstić information content (AvgIpc) is 2.85. The predicted octanol–water partition coefficient (Wildman–Crippen LogP) is 4.78. The number of halogens is 3. The zero-order chi connectivity index (χ0) is 13.1. The molecule has 0 amide bonds. The smallest absolute Gasteiger partial charge is 0.173 e. The van der Waals surface area contributed by atoms with Crippen LogP contribution in [0.15, 0.2) is 12.1 Å². The van der Waals surface area contributed by atoms with Gasteiger partial charge in [-0.15, -0.1) is 0 Å². The summed E-state index contributed by atoms with van der Waals surface area (Å²) in [6.07, 6.45) is 4.20. The molecule has 1 aromatic rings. The number of Topliss-reactive ketones (excluding diaryl/α,β-unsaturated/α-hetero) is 1. The Morgan fingerprint density at radius 2 is 1.72 bits per heavy atom. The largest absolute Gasteiger partial charge is 0.484 e. The van der Waals surface area contributed by atoms with Crippen LogP contribution in [-0.4, -0.2) is 12.4 Å². The van der Waals surface area contributed by atoms with Crippen LogP contribution < -0.4 is 4.74 Å². The van der Waals surface area contributed by atoms with Crippen molar-refractivity contribution in [2.75, 3.05) is 6.61 Å². The number of benzene rings is 1. The topological polar surface area (TPSA) is 26.3 Å². The fraction of sp³-hybridized carbons (Fsp3) is 0.462. The average molecular weight is 308 g/mol. The highest BCUT2D eigenvalue weighted by Gasteiger charge is 2.23. The van der Waals surface area contributed by atoms with Gasteiger partial charge in [0, 0.05) is 12.0 Å². The minimum absolute atomic E-state index is 0.0440. The molecule has 2 rings (SSSR count). The molecule has 0 N–H and O–H groups in total. The van der Waals surface area contributed by atoms with E-state index in [0.29, 0.717) is 20.8 Å². The van der Waals surface area contributed by atoms with Crippen LogP contribution in [0.2, 0.25) is 15.1 Å². The second-order valence-corrected chi connectivity index (χ2v) is 5.65. The molecule has 0 aromatic heterocycles. The molecule has 5 heteroatoms. The highest BCUT2D eigenvalue weighted by atomic mass is 35.5. The van der Waals surface area contributed by atoms with Crippen molar-refractivity contribution in [1.29, 1.82) is 0 Å². The molecule has 1 aliphatic rings. The Bertz CT molecular complexity index is 454. The molecule has 18 heavy (non-hydrogen) atoms. The van der Waals surface area contributed by atoms with Crippen LogP contribution in [0.3, 0.4) is 0 Å². The molecule has 2 nitrogen and oxygen atoms in total. The lowest BCUT2D eigenvalue weighted by molar-refractivity contribution is -0.124. The van der Waals surface area contributed by atoms with Crippen LogP contribution in [0.1, 0.15) is 25.7 Å². The quantitative estimate of drug-likeness (QED) is 0.748. The van der Waals surface area contributed by atoms with Crippen LogP contribution in [-0.2, 0) is 4.79 Å². The number of ether oxygens (including phenoxy) is 1. The molecular weight excluding hydrogens is 295 g/mol. The zero-order valence-corrected chi connectivity index (χ0v) is 12.0. The van der Waals surface area contributed by atoms with Gasteiger partial charge in [-0.2, -0.15) is 0 Å². The fourth-order valence-electron chi connectivity index (χ4n) is 2.13. The summed E-state index contributed by atoms with van der Waals surface area (Å²) in [6.45, 7) is 0.0440. The van der Waals surface area contributed by atoms with E-state index in [9.17, 15) is 4.79 Å². The van der Waals surface area contributed by atoms with E-state index in [0.717, 1.165) is 25.7 Å². The highest BCUT2D eigenvalue weighted by molar-refractivity contribution is 6.43. The number of carbonyl (C=O) groups excluding carboxylic acids is 1. The molecule has 1 fully saturated rings. The lowest BCUT2D eigenvalue weighted by atomic mass is 10.0. The SMILES string of the molecule is O=C(COc1cc(Cl)c(Cl)cc1Cl)C1CCCC1. The lowest BCUT2D eigenvalue weighted by Gasteiger charge is -2.11. The highest BCUT2D eigenvalue weighted by Crippen LogP contribution is 2.34. The van der Waals surface area contributed by atoms with Crippen LogP contribution in [0.4, 0.5) is 0 Å². The van der Waals surface area contributed by atoms with Crippen molar-refractivity contribution in [1.82, 2.24) is 0 Å². The fourth-order valence-corrected chi connectivity index (χ4v) is 2.72. The van der Waals surface area contributed by atoms with Crippen molar-refractivity contribution in [3.05, 3.63) is 27.2 Å². The predicted molar refractivity (Wildman–Crippen MR) is 73.9 cm³/mol. The Labute approximate surface area is 121 Å². The van der Waals surface area contributed by atoms with Crippen molar-refractivity contribution >= 4 is 40.6 Å². The van der Waals surface area contributed by atoms with Crippen LogP contribution >= 0.6 is 34.8 Å². The standard InChI is InChI=1S/C13H13Cl3O2/c14-9-5-11(16)13(6-10(9)15)18-7-12(17)8-3-1-2-4-8/h5-6,8H,1-4,7H2. The van der Waals surface area contributed by atoms with Gasteiger partial charge in [0.25, 0.3) is 0 Å². The Hall–Kier alpha value is -0.440. The molecule has 0 spiro atoms. The van der Waals surface area contributed by atoms with Crippen molar-refractivity contribution in [3.63, 3.8) is 0 Å². The lowest BCUT2D eigenvalue weighted by Crippen LogP contribution is -2.19. The first-order valence-corrected chi connectivity index (χ1v) is 7.01. The number of carbonyl (C=O) groups is 1. The summed E-state index contributed by atoms with van der Waals surface area (Å²) >= 11 is 17.7. The maximum Gasteiger partial charge on any atom is 0.173 e. The molecule has 1 aromatic carbocycles. The third kappa shape index (κ3) is 3.31. The second-order valence-electron chi connectivity index (χ2n) is 4.43. The molecule has 0 atom stereocenters. The van der Waals surface area contributed by atoms with Crippen molar-refractivity contribution < 1.29 is 9.53 Å². The van der Waals surface area contributed by atoms with Gasteiger partial charge in [-0.05, 0) is 18.9 Å². The summed E-state index contributed by atoms with van der Waals surface area (Å²) < 4.78 is 5.42. The summed E-state index contributed by atoms with van der Waals surface area (Å²) in [4.78, 5) is 11.9. The molecule has 0 unspecified atom stereocenters. The monoisotopic (exact) mass is 306 g/mol. The number of ketones is 1. The van der Waals surface area contributed by atoms with Crippen LogP contribution in [0, 0.1) is 5.92 Å². The minimum Gasteiger partial charge on any atom is -0.484 e. The van der Waals surface area contributed by atoms with Gasteiger partial charge >= 0.3 is 0 Å². The van der Waals surface area contributed by atoms with Gasteiger partial charge in [0.15, 0.2) is 5.78 Å². The summed E-state index contributed by atoms with van der Waals surface area (Å²) in [6, 6.07) is 3.05. The molecule has 1 saturated carbocycles. The number of hydrogen-bond acceptors (Lipinski definition) is 2. The Morgan fingerprint density at radius 3 is 2.39 bits per heavy atom. The first-order chi connectivity index (χ1) is 8.58. The Morgan fingerprint density at radius 1 is 1.11 bits per heavy atom. The first kappa shape index (κ1) is 14.0. The summed E-state index contributed by atoms with van der Waals surface area (Å²) in [5.74, 6) is 0.679. The van der Waals surface area contributed by atoms with E-state index < -0.39 is 0 Å². The molecule has 0 radical (unpaired) electrons. The molecule has 0 heterocycles. The Kier molecular flexibility index (Phi) is 4.77. The van der Waals surface area contributed by atoms with E-state index in [2.05, 4.69) is 0 Å². The van der Waals surface area contributed by atoms with Gasteiger partial charge < -0.3 is 4.74 Å². The molecule has 98 valence electrons. The normalized spacial score (nSPS) is 15.9. The molecule has 1 aliphatic carbocycles. The van der Waals surface area contributed by atoms with Gasteiger partial charge in [0.2, 0.25) is 0 Å². The molecule has 0 aliphatic heterocycles. The Balaban J connectivity index is 1.97. The van der Waals surface area contributed by atoms with Crippen LogP contribution in [0.25, 0.3) is 0 Å². The first-order valence-electron chi connectivity index (χ1n) is 5.88. The van der Waals surface area contributed by atoms with Crippen molar-refractivity contribution in [3.8, 4) is 5.75 Å². The maximum atomic E-state index is 11.9. The van der Waals surface area contributed by atoms with Gasteiger partial charge in [-0.25, -0.2) is 0 Å². The van der Waals surface area contributed by atoms with Gasteiger partial charge in [-0.3, -0.25) is 4.79 Å². The van der Waals surface area contributed by atoms with Crippen molar-refractivity contribution in [2.24, 2.45) is 5.92 Å². The van der Waals surface area contributed by atoms with Gasteiger partial charge in [0.05, 0.1) is 15.1 Å². The van der Waals surface area contributed by atoms with Gasteiger partial charge in [0.1, 0.15) is 12.4 Å². The maximum absolute atomic E-state index is 11.9. The zero-order valence-electron chi connectivity index (χ0n) is 9.72. The van der Waals surface area contributed by atoms with Crippen LogP contribution in [0.5, 0.6) is 5.75 Å². The summed E-state index contributed by atoms with van der Waals surface area (Å²) in [7, 11) is 0. The second kappa shape index (κ2) is 6.14. The third-order valence-corrected chi connectivity index (χ3v) is 4.17. The van der Waals surface area contributed by atoms with E-state index in [1.54, 1.807) is 0 Å². The van der Waals surface area contributed by atoms with E-state index in [1.165, 1.54) is 12.1 Å². The summed E-state index contributed by atoms with van der Waals surface area (Å²) in [5.41, 5.74) is 0. The molecule has 0 saturated heterocycles. The van der Waals surface area contributed by atoms with Gasteiger partial charge in [-0.1, -0.05) is 47.6 Å². The third-order valence-electron chi connectivity index (χ3n) is 3.16. The van der Waals surface area contributed by atoms with Crippen molar-refractivity contribution in [2.45, 2.75) is 25.7 Å². The summed E-state index contributed by atoms with van der Waals surface area (Å²) in [5, 5.41) is 1.10. The minimum atomic E-state index is 0.0440. The van der Waals surface area contributed by atoms with E-state index in [-0.39, 0.29) is 18.3 Å². The van der Waals surface area contributed by atoms with E-state index in [4.69, 9.17) is 39.5 Å². The van der Waals surface area contributed by atoms with E-state index in [1.807, 2.05) is 0 Å². The van der Waals surface area contributed by atoms with E-state index >= 15 is 0 Å². The number of hydrogen-bond donors (Lipinski definition) is 0. The molecular formula is C13H13Cl3O2. The molecule has 0 bridgehead atoms. The number of rotatable bonds is 4.